The summed E-state index contributed by atoms with van der Waals surface area (Å²) in [6, 6.07) is 0. The van der Waals surface area contributed by atoms with Gasteiger partial charge in [-0.05, 0) is 13.8 Å². The molecule has 18 heavy (non-hydrogen) atoms. The number of halogens is 8. The molecule has 0 aliphatic rings. The standard InChI is InChI=1S/C10H6F8/c1-9(2,10(16,17)18)3-4(11)6(13)8(15)7(14)5(3)12/h1-2H3. The second kappa shape index (κ2) is 4.10. The molecule has 0 spiro atoms. The van der Waals surface area contributed by atoms with Crippen molar-refractivity contribution < 1.29 is 35.1 Å². The molecule has 1 rings (SSSR count). The van der Waals surface area contributed by atoms with Crippen LogP contribution in [0.5, 0.6) is 0 Å². The highest BCUT2D eigenvalue weighted by Crippen LogP contribution is 2.43. The number of benzene rings is 1. The van der Waals surface area contributed by atoms with Gasteiger partial charge in [0.15, 0.2) is 23.3 Å². The monoisotopic (exact) mass is 278 g/mol. The van der Waals surface area contributed by atoms with Gasteiger partial charge in [-0.3, -0.25) is 0 Å². The quantitative estimate of drug-likeness (QED) is 0.410. The van der Waals surface area contributed by atoms with Crippen molar-refractivity contribution in [1.29, 1.82) is 0 Å². The average molecular weight is 278 g/mol. The Morgan fingerprint density at radius 1 is 0.611 bits per heavy atom. The van der Waals surface area contributed by atoms with E-state index in [4.69, 9.17) is 0 Å². The summed E-state index contributed by atoms with van der Waals surface area (Å²) in [5.74, 6) is -12.3. The molecular formula is C10H6F8. The van der Waals surface area contributed by atoms with Crippen molar-refractivity contribution in [2.45, 2.75) is 25.4 Å². The lowest BCUT2D eigenvalue weighted by atomic mass is 9.83. The summed E-state index contributed by atoms with van der Waals surface area (Å²) in [7, 11) is 0. The molecule has 8 heteroatoms. The Labute approximate surface area is 96.2 Å². The van der Waals surface area contributed by atoms with E-state index in [0.29, 0.717) is 13.8 Å². The van der Waals surface area contributed by atoms with Gasteiger partial charge in [0.25, 0.3) is 0 Å². The third-order valence-corrected chi connectivity index (χ3v) is 2.54. The number of rotatable bonds is 1. The van der Waals surface area contributed by atoms with Crippen molar-refractivity contribution in [3.63, 3.8) is 0 Å². The van der Waals surface area contributed by atoms with Gasteiger partial charge in [0.1, 0.15) is 0 Å². The highest BCUT2D eigenvalue weighted by molar-refractivity contribution is 5.31. The zero-order chi connectivity index (χ0) is 14.5. The number of hydrogen-bond donors (Lipinski definition) is 0. The smallest absolute Gasteiger partial charge is 0.203 e. The molecule has 0 fully saturated rings. The van der Waals surface area contributed by atoms with Crippen molar-refractivity contribution in [2.75, 3.05) is 0 Å². The van der Waals surface area contributed by atoms with Crippen molar-refractivity contribution in [1.82, 2.24) is 0 Å². The summed E-state index contributed by atoms with van der Waals surface area (Å²) >= 11 is 0. The molecule has 0 amide bonds. The molecule has 0 aliphatic heterocycles. The topological polar surface area (TPSA) is 0 Å². The van der Waals surface area contributed by atoms with Gasteiger partial charge in [0, 0.05) is 5.56 Å². The molecule has 0 saturated heterocycles. The Bertz CT molecular complexity index is 457. The first-order valence-corrected chi connectivity index (χ1v) is 4.51. The molecule has 0 aliphatic carbocycles. The molecule has 0 saturated carbocycles. The molecule has 0 N–H and O–H groups in total. The van der Waals surface area contributed by atoms with E-state index in [1.165, 1.54) is 0 Å². The summed E-state index contributed by atoms with van der Waals surface area (Å²) in [4.78, 5) is 0. The van der Waals surface area contributed by atoms with Crippen molar-refractivity contribution in [2.24, 2.45) is 0 Å². The van der Waals surface area contributed by atoms with Crippen molar-refractivity contribution in [3.8, 4) is 0 Å². The van der Waals surface area contributed by atoms with Crippen LogP contribution in [0.3, 0.4) is 0 Å². The van der Waals surface area contributed by atoms with Crippen LogP contribution in [0.15, 0.2) is 0 Å². The Morgan fingerprint density at radius 3 is 1.17 bits per heavy atom. The maximum absolute atomic E-state index is 13.2. The molecule has 0 aromatic heterocycles. The predicted molar refractivity (Wildman–Crippen MR) is 45.3 cm³/mol. The van der Waals surface area contributed by atoms with Crippen molar-refractivity contribution >= 4 is 0 Å². The SMILES string of the molecule is CC(C)(c1c(F)c(F)c(F)c(F)c1F)C(F)(F)F. The molecule has 0 bridgehead atoms. The normalized spacial score (nSPS) is 13.0. The van der Waals surface area contributed by atoms with Gasteiger partial charge >= 0.3 is 6.18 Å². The first-order chi connectivity index (χ1) is 7.93. The maximum atomic E-state index is 13.2. The van der Waals surface area contributed by atoms with Crippen LogP contribution in [0.2, 0.25) is 0 Å². The van der Waals surface area contributed by atoms with E-state index in [9.17, 15) is 35.1 Å². The van der Waals surface area contributed by atoms with E-state index in [1.807, 2.05) is 0 Å². The number of hydrogen-bond acceptors (Lipinski definition) is 0. The van der Waals surface area contributed by atoms with Gasteiger partial charge in [0.05, 0.1) is 5.41 Å². The molecule has 1 aromatic carbocycles. The van der Waals surface area contributed by atoms with Crippen LogP contribution in [0.1, 0.15) is 19.4 Å². The molecule has 0 radical (unpaired) electrons. The van der Waals surface area contributed by atoms with Gasteiger partial charge in [0.2, 0.25) is 5.82 Å². The lowest BCUT2D eigenvalue weighted by Gasteiger charge is -2.29. The number of alkyl halides is 3. The van der Waals surface area contributed by atoms with Gasteiger partial charge in [-0.2, -0.15) is 13.2 Å². The van der Waals surface area contributed by atoms with E-state index in [1.54, 1.807) is 0 Å². The summed E-state index contributed by atoms with van der Waals surface area (Å²) in [5, 5.41) is 0. The molecule has 102 valence electrons. The lowest BCUT2D eigenvalue weighted by molar-refractivity contribution is -0.181. The molecule has 0 heterocycles. The van der Waals surface area contributed by atoms with E-state index >= 15 is 0 Å². The van der Waals surface area contributed by atoms with Crippen LogP contribution < -0.4 is 0 Å². The summed E-state index contributed by atoms with van der Waals surface area (Å²) in [6.45, 7) is 0.649. The van der Waals surface area contributed by atoms with Crippen LogP contribution in [0.4, 0.5) is 35.1 Å². The Kier molecular flexibility index (Phi) is 3.35. The largest absolute Gasteiger partial charge is 0.398 e. The average Bonchev–Trinajstić information content (AvgIpc) is 2.22. The zero-order valence-corrected chi connectivity index (χ0v) is 9.02. The van der Waals surface area contributed by atoms with E-state index in [-0.39, 0.29) is 0 Å². The summed E-state index contributed by atoms with van der Waals surface area (Å²) in [5.41, 5.74) is -5.11. The minimum absolute atomic E-state index is 0.325. The minimum atomic E-state index is -5.18. The van der Waals surface area contributed by atoms with Gasteiger partial charge in [-0.25, -0.2) is 22.0 Å². The van der Waals surface area contributed by atoms with Crippen LogP contribution >= 0.6 is 0 Å². The van der Waals surface area contributed by atoms with E-state index < -0.39 is 46.2 Å². The third-order valence-electron chi connectivity index (χ3n) is 2.54. The Morgan fingerprint density at radius 2 is 0.889 bits per heavy atom. The Balaban J connectivity index is 3.72. The second-order valence-electron chi connectivity index (χ2n) is 4.07. The van der Waals surface area contributed by atoms with Crippen molar-refractivity contribution in [3.05, 3.63) is 34.6 Å². The fourth-order valence-electron chi connectivity index (χ4n) is 1.30. The maximum Gasteiger partial charge on any atom is 0.398 e. The lowest BCUT2D eigenvalue weighted by Crippen LogP contribution is -2.39. The second-order valence-corrected chi connectivity index (χ2v) is 4.07. The van der Waals surface area contributed by atoms with Gasteiger partial charge in [-0.1, -0.05) is 0 Å². The molecule has 1 aromatic rings. The van der Waals surface area contributed by atoms with Gasteiger partial charge < -0.3 is 0 Å². The first-order valence-electron chi connectivity index (χ1n) is 4.51. The fraction of sp³-hybridized carbons (Fsp3) is 0.400. The molecule has 0 unspecified atom stereocenters. The first kappa shape index (κ1) is 14.7. The third kappa shape index (κ3) is 1.93. The van der Waals surface area contributed by atoms with Crippen LogP contribution in [-0.2, 0) is 5.41 Å². The van der Waals surface area contributed by atoms with E-state index in [0.717, 1.165) is 0 Å². The molecule has 0 nitrogen and oxygen atoms in total. The highest BCUT2D eigenvalue weighted by atomic mass is 19.4. The van der Waals surface area contributed by atoms with Gasteiger partial charge in [-0.15, -0.1) is 0 Å². The Hall–Kier alpha value is -1.34. The highest BCUT2D eigenvalue weighted by Gasteiger charge is 2.52. The predicted octanol–water partition coefficient (Wildman–Crippen LogP) is 4.22. The van der Waals surface area contributed by atoms with Crippen LogP contribution in [0, 0.1) is 29.1 Å². The fourth-order valence-corrected chi connectivity index (χ4v) is 1.30. The van der Waals surface area contributed by atoms with E-state index in [2.05, 4.69) is 0 Å². The molecular weight excluding hydrogens is 272 g/mol. The van der Waals surface area contributed by atoms with Crippen LogP contribution in [0.25, 0.3) is 0 Å². The zero-order valence-electron chi connectivity index (χ0n) is 9.02. The summed E-state index contributed by atoms with van der Waals surface area (Å²) in [6.07, 6.45) is -5.18. The summed E-state index contributed by atoms with van der Waals surface area (Å²) < 4.78 is 102. The van der Waals surface area contributed by atoms with Crippen LogP contribution in [-0.4, -0.2) is 6.18 Å². The molecule has 0 atom stereocenters. The minimum Gasteiger partial charge on any atom is -0.203 e.